The van der Waals surface area contributed by atoms with Gasteiger partial charge in [-0.3, -0.25) is 0 Å². The molecule has 1 saturated carbocycles. The van der Waals surface area contributed by atoms with Gasteiger partial charge >= 0.3 is 0 Å². The van der Waals surface area contributed by atoms with E-state index in [2.05, 4.69) is 19.1 Å². The van der Waals surface area contributed by atoms with E-state index < -0.39 is 0 Å². The zero-order valence-corrected chi connectivity index (χ0v) is 8.68. The number of hydrogen-bond donors (Lipinski definition) is 0. The fourth-order valence-electron chi connectivity index (χ4n) is 2.73. The first-order valence-electron chi connectivity index (χ1n) is 5.80. The topological polar surface area (TPSA) is 0 Å². The summed E-state index contributed by atoms with van der Waals surface area (Å²) in [7, 11) is 0. The van der Waals surface area contributed by atoms with Crippen LogP contribution >= 0.6 is 0 Å². The molecule has 2 aliphatic carbocycles. The Morgan fingerprint density at radius 3 is 3.08 bits per heavy atom. The quantitative estimate of drug-likeness (QED) is 0.603. The van der Waals surface area contributed by atoms with E-state index in [1.165, 1.54) is 44.9 Å². The van der Waals surface area contributed by atoms with Crippen LogP contribution in [-0.4, -0.2) is 0 Å². The van der Waals surface area contributed by atoms with Crippen LogP contribution in [0.2, 0.25) is 0 Å². The molecule has 13 heavy (non-hydrogen) atoms. The molecule has 0 aromatic heterocycles. The Morgan fingerprint density at radius 2 is 2.23 bits per heavy atom. The molecule has 0 aromatic rings. The van der Waals surface area contributed by atoms with Gasteiger partial charge in [0.05, 0.1) is 0 Å². The minimum absolute atomic E-state index is 0.987. The van der Waals surface area contributed by atoms with E-state index in [0.29, 0.717) is 0 Å². The molecule has 0 aromatic carbocycles. The third-order valence-corrected chi connectivity index (χ3v) is 3.44. The minimum atomic E-state index is 0.987. The van der Waals surface area contributed by atoms with Gasteiger partial charge in [0.25, 0.3) is 0 Å². The molecule has 0 aliphatic heterocycles. The highest BCUT2D eigenvalue weighted by molar-refractivity contribution is 5.33. The summed E-state index contributed by atoms with van der Waals surface area (Å²) in [5.74, 6) is 0.987. The summed E-state index contributed by atoms with van der Waals surface area (Å²) < 4.78 is 0. The zero-order valence-electron chi connectivity index (χ0n) is 8.68. The van der Waals surface area contributed by atoms with Crippen molar-refractivity contribution in [2.24, 2.45) is 5.92 Å². The van der Waals surface area contributed by atoms with E-state index in [4.69, 9.17) is 0 Å². The minimum Gasteiger partial charge on any atom is -0.0843 e. The lowest BCUT2D eigenvalue weighted by molar-refractivity contribution is 0.609. The van der Waals surface area contributed by atoms with Crippen LogP contribution in [0.1, 0.15) is 51.9 Å². The van der Waals surface area contributed by atoms with Crippen molar-refractivity contribution in [2.75, 3.05) is 0 Å². The maximum atomic E-state index is 2.41. The molecule has 0 nitrogen and oxygen atoms in total. The lowest BCUT2D eigenvalue weighted by Crippen LogP contribution is -1.87. The SMILES string of the molecule is CCCC=CC1=C2CCCC2CC1. The van der Waals surface area contributed by atoms with Gasteiger partial charge in [-0.1, -0.05) is 31.1 Å². The largest absolute Gasteiger partial charge is 0.0843 e. The highest BCUT2D eigenvalue weighted by Crippen LogP contribution is 2.43. The van der Waals surface area contributed by atoms with Gasteiger partial charge in [0.15, 0.2) is 0 Å². The fourth-order valence-corrected chi connectivity index (χ4v) is 2.73. The normalized spacial score (nSPS) is 27.6. The second-order valence-corrected chi connectivity index (χ2v) is 4.37. The van der Waals surface area contributed by atoms with Gasteiger partial charge in [-0.05, 0) is 50.0 Å². The van der Waals surface area contributed by atoms with Gasteiger partial charge in [-0.15, -0.1) is 0 Å². The Hall–Kier alpha value is -0.520. The standard InChI is InChI=1S/C13H20/c1-2-3-4-6-11-9-10-12-7-5-8-13(11)12/h4,6,12H,2-3,5,7-10H2,1H3. The van der Waals surface area contributed by atoms with Gasteiger partial charge in [-0.2, -0.15) is 0 Å². The predicted molar refractivity (Wildman–Crippen MR) is 57.6 cm³/mol. The number of allylic oxidation sites excluding steroid dienone is 4. The van der Waals surface area contributed by atoms with Crippen LogP contribution in [0.15, 0.2) is 23.3 Å². The van der Waals surface area contributed by atoms with Crippen LogP contribution in [0.4, 0.5) is 0 Å². The maximum Gasteiger partial charge on any atom is -0.0194 e. The van der Waals surface area contributed by atoms with Crippen molar-refractivity contribution in [3.8, 4) is 0 Å². The Bertz CT molecular complexity index is 232. The van der Waals surface area contributed by atoms with Crippen molar-refractivity contribution in [1.82, 2.24) is 0 Å². The molecule has 0 spiro atoms. The molecule has 0 bridgehead atoms. The van der Waals surface area contributed by atoms with Crippen LogP contribution in [0.3, 0.4) is 0 Å². The second kappa shape index (κ2) is 4.13. The summed E-state index contributed by atoms with van der Waals surface area (Å²) in [5, 5.41) is 0. The van der Waals surface area contributed by atoms with Gasteiger partial charge < -0.3 is 0 Å². The molecule has 0 saturated heterocycles. The molecule has 0 radical (unpaired) electrons. The Labute approximate surface area is 81.7 Å². The van der Waals surface area contributed by atoms with Crippen molar-refractivity contribution in [3.05, 3.63) is 23.3 Å². The molecule has 1 atom stereocenters. The number of rotatable bonds is 3. The number of hydrogen-bond acceptors (Lipinski definition) is 0. The van der Waals surface area contributed by atoms with Crippen LogP contribution in [0.25, 0.3) is 0 Å². The molecule has 1 unspecified atom stereocenters. The smallest absolute Gasteiger partial charge is 0.0194 e. The molecule has 1 fully saturated rings. The zero-order chi connectivity index (χ0) is 9.10. The lowest BCUT2D eigenvalue weighted by atomic mass is 10.1. The molecule has 0 N–H and O–H groups in total. The molecule has 0 heterocycles. The molecule has 2 rings (SSSR count). The van der Waals surface area contributed by atoms with Gasteiger partial charge in [-0.25, -0.2) is 0 Å². The van der Waals surface area contributed by atoms with Crippen molar-refractivity contribution >= 4 is 0 Å². The molecule has 0 heteroatoms. The maximum absolute atomic E-state index is 2.41. The van der Waals surface area contributed by atoms with Crippen LogP contribution in [0, 0.1) is 5.92 Å². The Morgan fingerprint density at radius 1 is 1.31 bits per heavy atom. The lowest BCUT2D eigenvalue weighted by Gasteiger charge is -2.00. The van der Waals surface area contributed by atoms with Gasteiger partial charge in [0.2, 0.25) is 0 Å². The van der Waals surface area contributed by atoms with Crippen LogP contribution in [-0.2, 0) is 0 Å². The summed E-state index contributed by atoms with van der Waals surface area (Å²) in [6, 6.07) is 0. The average molecular weight is 176 g/mol. The van der Waals surface area contributed by atoms with Crippen molar-refractivity contribution < 1.29 is 0 Å². The molecule has 0 amide bonds. The molecular weight excluding hydrogens is 156 g/mol. The van der Waals surface area contributed by atoms with E-state index in [9.17, 15) is 0 Å². The van der Waals surface area contributed by atoms with E-state index >= 15 is 0 Å². The monoisotopic (exact) mass is 176 g/mol. The Balaban J connectivity index is 2.02. The molecule has 72 valence electrons. The fraction of sp³-hybridized carbons (Fsp3) is 0.692. The summed E-state index contributed by atoms with van der Waals surface area (Å²) in [4.78, 5) is 0. The first-order chi connectivity index (χ1) is 6.42. The van der Waals surface area contributed by atoms with E-state index in [1.807, 2.05) is 5.57 Å². The summed E-state index contributed by atoms with van der Waals surface area (Å²) in [6.45, 7) is 2.25. The first kappa shape index (κ1) is 9.05. The van der Waals surface area contributed by atoms with E-state index in [0.717, 1.165) is 5.92 Å². The summed E-state index contributed by atoms with van der Waals surface area (Å²) >= 11 is 0. The first-order valence-corrected chi connectivity index (χ1v) is 5.80. The van der Waals surface area contributed by atoms with Crippen molar-refractivity contribution in [2.45, 2.75) is 51.9 Å². The average Bonchev–Trinajstić information content (AvgIpc) is 2.68. The predicted octanol–water partition coefficient (Wildman–Crippen LogP) is 4.23. The third-order valence-electron chi connectivity index (χ3n) is 3.44. The second-order valence-electron chi connectivity index (χ2n) is 4.37. The Kier molecular flexibility index (Phi) is 2.87. The third kappa shape index (κ3) is 1.87. The van der Waals surface area contributed by atoms with Crippen molar-refractivity contribution in [3.63, 3.8) is 0 Å². The number of unbranched alkanes of at least 4 members (excludes halogenated alkanes) is 1. The summed E-state index contributed by atoms with van der Waals surface area (Å²) in [6.07, 6.45) is 14.4. The molecular formula is C13H20. The summed E-state index contributed by atoms with van der Waals surface area (Å²) in [5.41, 5.74) is 3.50. The highest BCUT2D eigenvalue weighted by atomic mass is 14.3. The molecule has 2 aliphatic rings. The van der Waals surface area contributed by atoms with E-state index in [1.54, 1.807) is 5.57 Å². The van der Waals surface area contributed by atoms with E-state index in [-0.39, 0.29) is 0 Å². The number of fused-ring (bicyclic) bond motifs is 1. The highest BCUT2D eigenvalue weighted by Gasteiger charge is 2.27. The van der Waals surface area contributed by atoms with Crippen molar-refractivity contribution in [1.29, 1.82) is 0 Å². The van der Waals surface area contributed by atoms with Crippen LogP contribution in [0.5, 0.6) is 0 Å². The van der Waals surface area contributed by atoms with Gasteiger partial charge in [0, 0.05) is 0 Å². The van der Waals surface area contributed by atoms with Gasteiger partial charge in [0.1, 0.15) is 0 Å². The van der Waals surface area contributed by atoms with Crippen LogP contribution < -0.4 is 0 Å².